The van der Waals surface area contributed by atoms with Crippen molar-refractivity contribution in [2.24, 2.45) is 0 Å². The summed E-state index contributed by atoms with van der Waals surface area (Å²) in [5.74, 6) is 0.750. The number of para-hydroxylation sites is 2. The number of ether oxygens (including phenoxy) is 4. The van der Waals surface area contributed by atoms with Crippen molar-refractivity contribution >= 4 is 51.9 Å². The molecule has 0 aliphatic carbocycles. The molecule has 2 aromatic carbocycles. The highest BCUT2D eigenvalue weighted by atomic mass is 32.2. The van der Waals surface area contributed by atoms with E-state index in [2.05, 4.69) is 0 Å². The largest absolute Gasteiger partial charge is 0.495 e. The Hall–Kier alpha value is -3.04. The number of carbonyl (C=O) groups excluding carboxylic acids is 2. The molecule has 1 heterocycles. The highest BCUT2D eigenvalue weighted by Gasteiger charge is 2.34. The van der Waals surface area contributed by atoms with E-state index in [0.717, 1.165) is 5.56 Å². The number of thiocarbonyl (C=S) groups is 1. The van der Waals surface area contributed by atoms with Crippen molar-refractivity contribution in [3.05, 3.63) is 52.9 Å². The summed E-state index contributed by atoms with van der Waals surface area (Å²) in [7, 11) is 1.55. The summed E-state index contributed by atoms with van der Waals surface area (Å²) in [6.45, 7) is 4.06. The average molecular weight is 474 g/mol. The van der Waals surface area contributed by atoms with Gasteiger partial charge in [-0.15, -0.1) is 0 Å². The number of benzene rings is 2. The summed E-state index contributed by atoms with van der Waals surface area (Å²) >= 11 is 6.67. The van der Waals surface area contributed by atoms with Gasteiger partial charge in [0.25, 0.3) is 5.91 Å². The van der Waals surface area contributed by atoms with Crippen molar-refractivity contribution in [2.45, 2.75) is 13.8 Å². The van der Waals surface area contributed by atoms with Crippen LogP contribution in [0, 0.1) is 0 Å². The van der Waals surface area contributed by atoms with Crippen molar-refractivity contribution in [3.63, 3.8) is 0 Å². The number of nitrogens with zero attached hydrogens (tertiary/aromatic N) is 1. The fourth-order valence-corrected chi connectivity index (χ4v) is 4.27. The molecular weight excluding hydrogens is 450 g/mol. The summed E-state index contributed by atoms with van der Waals surface area (Å²) in [4.78, 5) is 26.6. The van der Waals surface area contributed by atoms with Crippen LogP contribution < -0.4 is 19.1 Å². The number of hydrogen-bond donors (Lipinski definition) is 0. The maximum absolute atomic E-state index is 13.1. The zero-order chi connectivity index (χ0) is 23.1. The molecule has 0 saturated carbocycles. The Bertz CT molecular complexity index is 1050. The first-order chi connectivity index (χ1) is 15.5. The van der Waals surface area contributed by atoms with E-state index in [1.807, 2.05) is 19.1 Å². The van der Waals surface area contributed by atoms with Crippen LogP contribution in [-0.2, 0) is 14.3 Å². The molecule has 0 N–H and O–H groups in total. The van der Waals surface area contributed by atoms with Crippen molar-refractivity contribution in [1.82, 2.24) is 0 Å². The standard InChI is InChI=1S/C23H23NO6S2/c1-4-28-19-12-15(10-11-18(19)30-14-21(25)29-5-2)13-20-22(26)24(23(31)32-20)16-8-6-7-9-17(16)27-3/h6-13H,4-5,14H2,1-3H3/b20-13-. The smallest absolute Gasteiger partial charge is 0.344 e. The Kier molecular flexibility index (Phi) is 8.13. The molecule has 1 amide bonds. The Balaban J connectivity index is 1.84. The van der Waals surface area contributed by atoms with Crippen LogP contribution in [0.2, 0.25) is 0 Å². The fourth-order valence-electron chi connectivity index (χ4n) is 2.98. The van der Waals surface area contributed by atoms with Crippen molar-refractivity contribution < 1.29 is 28.5 Å². The highest BCUT2D eigenvalue weighted by Crippen LogP contribution is 2.40. The lowest BCUT2D eigenvalue weighted by Crippen LogP contribution is -2.27. The lowest BCUT2D eigenvalue weighted by molar-refractivity contribution is -0.145. The van der Waals surface area contributed by atoms with Gasteiger partial charge in [-0.3, -0.25) is 9.69 Å². The fraction of sp³-hybridized carbons (Fsp3) is 0.261. The molecule has 9 heteroatoms. The van der Waals surface area contributed by atoms with Gasteiger partial charge in [-0.05, 0) is 49.8 Å². The predicted octanol–water partition coefficient (Wildman–Crippen LogP) is 4.44. The van der Waals surface area contributed by atoms with E-state index in [0.29, 0.717) is 38.8 Å². The quantitative estimate of drug-likeness (QED) is 0.301. The Morgan fingerprint density at radius 1 is 1.06 bits per heavy atom. The van der Waals surface area contributed by atoms with Gasteiger partial charge in [0.2, 0.25) is 0 Å². The summed E-state index contributed by atoms with van der Waals surface area (Å²) in [6.07, 6.45) is 1.74. The van der Waals surface area contributed by atoms with E-state index in [9.17, 15) is 9.59 Å². The van der Waals surface area contributed by atoms with Crippen LogP contribution in [0.15, 0.2) is 47.4 Å². The predicted molar refractivity (Wildman–Crippen MR) is 128 cm³/mol. The first-order valence-corrected chi connectivity index (χ1v) is 11.2. The van der Waals surface area contributed by atoms with Crippen LogP contribution in [0.1, 0.15) is 19.4 Å². The molecule has 1 aliphatic rings. The van der Waals surface area contributed by atoms with Crippen LogP contribution in [0.3, 0.4) is 0 Å². The van der Waals surface area contributed by atoms with Crippen molar-refractivity contribution in [3.8, 4) is 17.2 Å². The molecule has 32 heavy (non-hydrogen) atoms. The van der Waals surface area contributed by atoms with Crippen LogP contribution in [0.4, 0.5) is 5.69 Å². The molecule has 0 aromatic heterocycles. The topological polar surface area (TPSA) is 74.3 Å². The van der Waals surface area contributed by atoms with E-state index in [1.54, 1.807) is 50.4 Å². The number of amides is 1. The van der Waals surface area contributed by atoms with Gasteiger partial charge in [0.15, 0.2) is 22.4 Å². The second kappa shape index (κ2) is 11.0. The van der Waals surface area contributed by atoms with E-state index in [1.165, 1.54) is 16.7 Å². The zero-order valence-corrected chi connectivity index (χ0v) is 19.6. The molecule has 0 spiro atoms. The normalized spacial score (nSPS) is 14.6. The number of rotatable bonds is 9. The minimum absolute atomic E-state index is 0.217. The molecule has 1 fully saturated rings. The Labute approximate surface area is 196 Å². The van der Waals surface area contributed by atoms with Gasteiger partial charge in [0.05, 0.1) is 30.9 Å². The van der Waals surface area contributed by atoms with Gasteiger partial charge in [-0.25, -0.2) is 4.79 Å². The van der Waals surface area contributed by atoms with Gasteiger partial charge in [-0.2, -0.15) is 0 Å². The van der Waals surface area contributed by atoms with Gasteiger partial charge in [-0.1, -0.05) is 42.2 Å². The third kappa shape index (κ3) is 5.41. The zero-order valence-electron chi connectivity index (χ0n) is 18.0. The maximum Gasteiger partial charge on any atom is 0.344 e. The van der Waals surface area contributed by atoms with Crippen LogP contribution in [-0.4, -0.2) is 43.1 Å². The van der Waals surface area contributed by atoms with E-state index < -0.39 is 5.97 Å². The second-order valence-corrected chi connectivity index (χ2v) is 8.10. The number of hydrogen-bond acceptors (Lipinski definition) is 8. The monoisotopic (exact) mass is 473 g/mol. The number of anilines is 1. The van der Waals surface area contributed by atoms with Crippen LogP contribution in [0.25, 0.3) is 6.08 Å². The number of carbonyl (C=O) groups is 2. The first-order valence-electron chi connectivity index (χ1n) is 9.94. The van der Waals surface area contributed by atoms with E-state index in [-0.39, 0.29) is 19.1 Å². The lowest BCUT2D eigenvalue weighted by Gasteiger charge is -2.17. The second-order valence-electron chi connectivity index (χ2n) is 6.42. The van der Waals surface area contributed by atoms with Crippen LogP contribution in [0.5, 0.6) is 17.2 Å². The lowest BCUT2D eigenvalue weighted by atomic mass is 10.1. The molecule has 7 nitrogen and oxygen atoms in total. The summed E-state index contributed by atoms with van der Waals surface area (Å²) in [6, 6.07) is 12.4. The highest BCUT2D eigenvalue weighted by molar-refractivity contribution is 8.27. The van der Waals surface area contributed by atoms with Gasteiger partial charge in [0.1, 0.15) is 5.75 Å². The summed E-state index contributed by atoms with van der Waals surface area (Å²) in [5, 5.41) is 0. The van der Waals surface area contributed by atoms with E-state index >= 15 is 0 Å². The molecule has 0 radical (unpaired) electrons. The molecule has 0 unspecified atom stereocenters. The van der Waals surface area contributed by atoms with Crippen LogP contribution >= 0.6 is 24.0 Å². The van der Waals surface area contributed by atoms with Crippen molar-refractivity contribution in [1.29, 1.82) is 0 Å². The number of thioether (sulfide) groups is 1. The third-order valence-corrected chi connectivity index (χ3v) is 5.64. The minimum Gasteiger partial charge on any atom is -0.495 e. The Morgan fingerprint density at radius 2 is 1.84 bits per heavy atom. The molecule has 1 aliphatic heterocycles. The molecule has 0 bridgehead atoms. The van der Waals surface area contributed by atoms with Gasteiger partial charge >= 0.3 is 5.97 Å². The first kappa shape index (κ1) is 23.6. The minimum atomic E-state index is -0.459. The Morgan fingerprint density at radius 3 is 2.56 bits per heavy atom. The number of esters is 1. The van der Waals surface area contributed by atoms with Gasteiger partial charge in [0, 0.05) is 0 Å². The molecule has 0 atom stereocenters. The molecule has 168 valence electrons. The summed E-state index contributed by atoms with van der Waals surface area (Å²) < 4.78 is 21.9. The van der Waals surface area contributed by atoms with E-state index in [4.69, 9.17) is 31.2 Å². The SMILES string of the molecule is CCOC(=O)COc1ccc(/C=C2\SC(=S)N(c3ccccc3OC)C2=O)cc1OCC. The molecular formula is C23H23NO6S2. The van der Waals surface area contributed by atoms with Gasteiger partial charge < -0.3 is 18.9 Å². The number of methoxy groups -OCH3 is 1. The summed E-state index contributed by atoms with van der Waals surface area (Å²) in [5.41, 5.74) is 1.33. The third-order valence-electron chi connectivity index (χ3n) is 4.34. The molecule has 2 aromatic rings. The molecule has 3 rings (SSSR count). The maximum atomic E-state index is 13.1. The molecule has 1 saturated heterocycles. The van der Waals surface area contributed by atoms with Crippen molar-refractivity contribution in [2.75, 3.05) is 31.8 Å². The average Bonchev–Trinajstić information content (AvgIpc) is 3.06.